The molecule has 0 saturated carbocycles. The number of H-pyrrole nitrogens is 1. The quantitative estimate of drug-likeness (QED) is 0.706. The van der Waals surface area contributed by atoms with Crippen LogP contribution in [0.1, 0.15) is 16.8 Å². The molecule has 1 amide bonds. The smallest absolute Gasteiger partial charge is 0.251 e. The Morgan fingerprint density at radius 1 is 1.41 bits per heavy atom. The molecule has 0 radical (unpaired) electrons. The number of benzene rings is 1. The molecule has 1 aromatic carbocycles. The lowest BCUT2D eigenvalue weighted by atomic mass is 10.1. The van der Waals surface area contributed by atoms with Gasteiger partial charge in [-0.05, 0) is 36.1 Å². The number of amides is 1. The third-order valence-corrected chi connectivity index (χ3v) is 5.52. The van der Waals surface area contributed by atoms with Crippen molar-refractivity contribution in [3.8, 4) is 16.3 Å². The van der Waals surface area contributed by atoms with Crippen LogP contribution >= 0.6 is 11.3 Å². The lowest BCUT2D eigenvalue weighted by Gasteiger charge is -2.16. The highest BCUT2D eigenvalue weighted by Gasteiger charge is 2.26. The molecule has 0 unspecified atom stereocenters. The van der Waals surface area contributed by atoms with Gasteiger partial charge in [-0.25, -0.2) is 4.39 Å². The molecule has 8 heteroatoms. The molecule has 1 saturated heterocycles. The molecule has 1 aliphatic heterocycles. The van der Waals surface area contributed by atoms with Gasteiger partial charge in [0.1, 0.15) is 0 Å². The number of aromatic nitrogens is 2. The van der Waals surface area contributed by atoms with Crippen LogP contribution in [-0.2, 0) is 0 Å². The minimum Gasteiger partial charge on any atom is -0.494 e. The number of nitrogens with one attached hydrogen (secondary N) is 2. The number of nitrogens with zero attached hydrogens (tertiary/aromatic N) is 2. The van der Waals surface area contributed by atoms with E-state index in [2.05, 4.69) is 20.4 Å². The molecule has 0 spiro atoms. The van der Waals surface area contributed by atoms with Crippen molar-refractivity contribution >= 4 is 23.1 Å². The topological polar surface area (TPSA) is 70.2 Å². The average Bonchev–Trinajstić information content (AvgIpc) is 3.41. The zero-order valence-corrected chi connectivity index (χ0v) is 15.6. The number of hydrogen-bond acceptors (Lipinski definition) is 5. The number of rotatable bonds is 5. The average molecular weight is 386 g/mol. The van der Waals surface area contributed by atoms with Gasteiger partial charge in [-0.2, -0.15) is 5.10 Å². The lowest BCUT2D eigenvalue weighted by molar-refractivity contribution is 0.0940. The summed E-state index contributed by atoms with van der Waals surface area (Å²) in [6.07, 6.45) is 0.811. The maximum absolute atomic E-state index is 13.8. The van der Waals surface area contributed by atoms with Crippen LogP contribution in [-0.4, -0.2) is 42.3 Å². The van der Waals surface area contributed by atoms with Crippen molar-refractivity contribution in [3.63, 3.8) is 0 Å². The Hall–Kier alpha value is -2.87. The summed E-state index contributed by atoms with van der Waals surface area (Å²) in [6, 6.07) is 10.3. The van der Waals surface area contributed by atoms with Gasteiger partial charge in [0.25, 0.3) is 5.91 Å². The molecule has 2 aromatic heterocycles. The van der Waals surface area contributed by atoms with Crippen molar-refractivity contribution < 1.29 is 13.9 Å². The first-order chi connectivity index (χ1) is 13.1. The summed E-state index contributed by atoms with van der Waals surface area (Å²) in [5.41, 5.74) is 1.27. The van der Waals surface area contributed by atoms with E-state index in [-0.39, 0.29) is 23.3 Å². The first kappa shape index (κ1) is 17.5. The zero-order valence-electron chi connectivity index (χ0n) is 14.7. The van der Waals surface area contributed by atoms with Crippen molar-refractivity contribution in [3.05, 3.63) is 53.2 Å². The van der Waals surface area contributed by atoms with Crippen molar-refractivity contribution in [2.45, 2.75) is 12.5 Å². The highest BCUT2D eigenvalue weighted by molar-refractivity contribution is 7.13. The summed E-state index contributed by atoms with van der Waals surface area (Å²) in [5.74, 6) is 0.157. The van der Waals surface area contributed by atoms with Gasteiger partial charge in [-0.3, -0.25) is 9.89 Å². The molecular formula is C19H19FN4O2S. The van der Waals surface area contributed by atoms with E-state index in [1.54, 1.807) is 17.4 Å². The van der Waals surface area contributed by atoms with Gasteiger partial charge in [0, 0.05) is 30.8 Å². The van der Waals surface area contributed by atoms with E-state index in [9.17, 15) is 9.18 Å². The molecule has 3 aromatic rings. The molecule has 1 atom stereocenters. The van der Waals surface area contributed by atoms with Crippen LogP contribution in [0.3, 0.4) is 0 Å². The first-order valence-electron chi connectivity index (χ1n) is 8.62. The zero-order chi connectivity index (χ0) is 18.8. The standard InChI is InChI=1S/C19H19FN4O2S/c1-26-16-5-4-12(9-14(16)20)19(25)21-13-6-7-24(11-13)18-10-15(22-23-18)17-3-2-8-27-17/h2-5,8-10,13H,6-7,11H2,1H3,(H,21,25)(H,22,23)/t13-/m0/s1. The third kappa shape index (κ3) is 3.66. The largest absolute Gasteiger partial charge is 0.494 e. The molecule has 1 aliphatic rings. The number of aromatic amines is 1. The number of methoxy groups -OCH3 is 1. The predicted octanol–water partition coefficient (Wildman–Crippen LogP) is 3.29. The third-order valence-electron chi connectivity index (χ3n) is 4.61. The summed E-state index contributed by atoms with van der Waals surface area (Å²) in [6.45, 7) is 1.47. The number of hydrogen-bond donors (Lipinski definition) is 2. The lowest BCUT2D eigenvalue weighted by Crippen LogP contribution is -2.37. The summed E-state index contributed by atoms with van der Waals surface area (Å²) in [5, 5.41) is 12.4. The number of halogens is 1. The van der Waals surface area contributed by atoms with Crippen LogP contribution in [0, 0.1) is 5.82 Å². The monoisotopic (exact) mass is 386 g/mol. The number of anilines is 1. The Kier molecular flexibility index (Phi) is 4.81. The Balaban J connectivity index is 1.38. The second-order valence-electron chi connectivity index (χ2n) is 6.37. The minimum atomic E-state index is -0.546. The number of thiophene rings is 1. The summed E-state index contributed by atoms with van der Waals surface area (Å²) >= 11 is 1.66. The van der Waals surface area contributed by atoms with Crippen LogP contribution in [0.4, 0.5) is 10.2 Å². The van der Waals surface area contributed by atoms with Gasteiger partial charge in [-0.1, -0.05) is 6.07 Å². The number of carbonyl (C=O) groups excluding carboxylic acids is 1. The predicted molar refractivity (Wildman–Crippen MR) is 103 cm³/mol. The van der Waals surface area contributed by atoms with E-state index in [0.29, 0.717) is 6.54 Å². The van der Waals surface area contributed by atoms with E-state index in [1.165, 1.54) is 19.2 Å². The highest BCUT2D eigenvalue weighted by atomic mass is 32.1. The molecule has 6 nitrogen and oxygen atoms in total. The molecule has 3 heterocycles. The Bertz CT molecular complexity index is 941. The highest BCUT2D eigenvalue weighted by Crippen LogP contribution is 2.27. The fourth-order valence-electron chi connectivity index (χ4n) is 3.19. The SMILES string of the molecule is COc1ccc(C(=O)N[C@H]2CCN(c3cc(-c4cccs4)[nH]n3)C2)cc1F. The Labute approximate surface area is 160 Å². The Morgan fingerprint density at radius 3 is 3.04 bits per heavy atom. The van der Waals surface area contributed by atoms with Crippen molar-refractivity contribution in [2.24, 2.45) is 0 Å². The summed E-state index contributed by atoms with van der Waals surface area (Å²) in [4.78, 5) is 15.7. The van der Waals surface area contributed by atoms with E-state index in [4.69, 9.17) is 4.74 Å². The molecule has 0 bridgehead atoms. The summed E-state index contributed by atoms with van der Waals surface area (Å²) < 4.78 is 18.7. The second-order valence-corrected chi connectivity index (χ2v) is 7.32. The van der Waals surface area contributed by atoms with Gasteiger partial charge in [-0.15, -0.1) is 11.3 Å². The number of carbonyl (C=O) groups is 1. The van der Waals surface area contributed by atoms with Crippen LogP contribution in [0.15, 0.2) is 41.8 Å². The molecular weight excluding hydrogens is 367 g/mol. The van der Waals surface area contributed by atoms with Crippen LogP contribution in [0.2, 0.25) is 0 Å². The molecule has 27 heavy (non-hydrogen) atoms. The van der Waals surface area contributed by atoms with Crippen molar-refractivity contribution in [1.29, 1.82) is 0 Å². The normalized spacial score (nSPS) is 16.5. The van der Waals surface area contributed by atoms with Gasteiger partial charge < -0.3 is 15.0 Å². The van der Waals surface area contributed by atoms with Gasteiger partial charge in [0.05, 0.1) is 17.7 Å². The van der Waals surface area contributed by atoms with Crippen LogP contribution in [0.25, 0.3) is 10.6 Å². The Morgan fingerprint density at radius 2 is 2.30 bits per heavy atom. The van der Waals surface area contributed by atoms with Crippen molar-refractivity contribution in [2.75, 3.05) is 25.1 Å². The van der Waals surface area contributed by atoms with Gasteiger partial charge in [0.15, 0.2) is 17.4 Å². The van der Waals surface area contributed by atoms with E-state index < -0.39 is 5.82 Å². The number of ether oxygens (including phenoxy) is 1. The molecule has 4 rings (SSSR count). The van der Waals surface area contributed by atoms with Gasteiger partial charge >= 0.3 is 0 Å². The van der Waals surface area contributed by atoms with Crippen molar-refractivity contribution in [1.82, 2.24) is 15.5 Å². The van der Waals surface area contributed by atoms with Crippen LogP contribution in [0.5, 0.6) is 5.75 Å². The molecule has 2 N–H and O–H groups in total. The molecule has 140 valence electrons. The minimum absolute atomic E-state index is 0.00968. The fourth-order valence-corrected chi connectivity index (χ4v) is 3.89. The molecule has 1 fully saturated rings. The van der Waals surface area contributed by atoms with E-state index in [1.807, 2.05) is 23.6 Å². The van der Waals surface area contributed by atoms with Crippen LogP contribution < -0.4 is 15.0 Å². The van der Waals surface area contributed by atoms with Gasteiger partial charge in [0.2, 0.25) is 0 Å². The second kappa shape index (κ2) is 7.40. The first-order valence-corrected chi connectivity index (χ1v) is 9.50. The van der Waals surface area contributed by atoms with E-state index in [0.717, 1.165) is 29.4 Å². The fraction of sp³-hybridized carbons (Fsp3) is 0.263. The summed E-state index contributed by atoms with van der Waals surface area (Å²) in [7, 11) is 1.39. The molecule has 0 aliphatic carbocycles. The van der Waals surface area contributed by atoms with E-state index >= 15 is 0 Å². The maximum Gasteiger partial charge on any atom is 0.251 e. The maximum atomic E-state index is 13.8.